The molecule has 2 N–H and O–H groups in total. The fourth-order valence-electron chi connectivity index (χ4n) is 5.68. The molecule has 0 aliphatic carbocycles. The maximum absolute atomic E-state index is 11.7. The van der Waals surface area contributed by atoms with Crippen LogP contribution in [0.5, 0.6) is 5.88 Å². The molecule has 222 valence electrons. The third-order valence-electron chi connectivity index (χ3n) is 7.92. The van der Waals surface area contributed by atoms with Crippen molar-refractivity contribution in [2.75, 3.05) is 38.3 Å². The molecule has 1 fully saturated rings. The molecule has 10 nitrogen and oxygen atoms in total. The minimum Gasteiger partial charge on any atom is -0.475 e. The smallest absolute Gasteiger partial charge is 0.250 e. The van der Waals surface area contributed by atoms with Crippen LogP contribution >= 0.6 is 0 Å². The number of methoxy groups -OCH3 is 1. The van der Waals surface area contributed by atoms with Gasteiger partial charge in [-0.3, -0.25) is 9.78 Å². The van der Waals surface area contributed by atoms with Crippen molar-refractivity contribution in [1.82, 2.24) is 19.9 Å². The van der Waals surface area contributed by atoms with Crippen molar-refractivity contribution in [3.05, 3.63) is 76.5 Å². The van der Waals surface area contributed by atoms with Crippen LogP contribution in [-0.2, 0) is 17.7 Å². The molecule has 0 aromatic carbocycles. The van der Waals surface area contributed by atoms with Crippen LogP contribution in [0.1, 0.15) is 64.9 Å². The number of carbonyl (C=O) groups excluding carboxylic acids is 1. The van der Waals surface area contributed by atoms with Crippen molar-refractivity contribution in [3.8, 4) is 11.9 Å². The summed E-state index contributed by atoms with van der Waals surface area (Å²) in [7, 11) is 1.64. The Morgan fingerprint density at radius 2 is 1.95 bits per heavy atom. The van der Waals surface area contributed by atoms with Crippen LogP contribution in [0.2, 0.25) is 0 Å². The zero-order valence-corrected chi connectivity index (χ0v) is 25.0. The molecule has 42 heavy (non-hydrogen) atoms. The van der Waals surface area contributed by atoms with Gasteiger partial charge in [-0.05, 0) is 76.3 Å². The summed E-state index contributed by atoms with van der Waals surface area (Å²) < 4.78 is 10.7. The van der Waals surface area contributed by atoms with E-state index in [1.165, 1.54) is 0 Å². The lowest BCUT2D eigenvalue weighted by molar-refractivity contribution is 0.0998. The van der Waals surface area contributed by atoms with E-state index in [1.807, 2.05) is 50.4 Å². The van der Waals surface area contributed by atoms with E-state index in [1.54, 1.807) is 13.2 Å². The summed E-state index contributed by atoms with van der Waals surface area (Å²) in [5.74, 6) is 0.137. The van der Waals surface area contributed by atoms with Crippen molar-refractivity contribution in [2.24, 2.45) is 5.73 Å². The molecular weight excluding hydrogens is 530 g/mol. The fraction of sp³-hybridized carbons (Fsp3) is 0.469. The second-order valence-corrected chi connectivity index (χ2v) is 10.9. The Balaban J connectivity index is 1.41. The quantitative estimate of drug-likeness (QED) is 0.303. The normalized spacial score (nSPS) is 14.7. The Morgan fingerprint density at radius 1 is 1.17 bits per heavy atom. The highest BCUT2D eigenvalue weighted by molar-refractivity contribution is 5.95. The first-order valence-electron chi connectivity index (χ1n) is 14.5. The molecule has 0 spiro atoms. The van der Waals surface area contributed by atoms with Crippen molar-refractivity contribution in [3.63, 3.8) is 0 Å². The van der Waals surface area contributed by atoms with E-state index in [9.17, 15) is 10.1 Å². The van der Waals surface area contributed by atoms with Gasteiger partial charge in [0, 0.05) is 44.0 Å². The number of hydrogen-bond donors (Lipinski definition) is 1. The number of amides is 1. The predicted octanol–water partition coefficient (Wildman–Crippen LogP) is 3.98. The number of nitrogens with zero attached hydrogens (tertiary/aromatic N) is 6. The summed E-state index contributed by atoms with van der Waals surface area (Å²) in [5.41, 5.74) is 10.9. The van der Waals surface area contributed by atoms with Gasteiger partial charge in [0.05, 0.1) is 42.0 Å². The van der Waals surface area contributed by atoms with Crippen molar-refractivity contribution < 1.29 is 14.3 Å². The standard InChI is InChI=1S/C32H41N7O3/c1-22-18-25(36-24(3)31(22)32(34)40)9-8-23(2)38-14-12-28(13-15-38)39(21-27-7-5-6-26(19-33)37-27)29-10-11-30(35-20-29)42-17-16-41-4/h5-7,10-11,18,20,23,28H,8-9,12-17,21H2,1-4H3,(H2,34,40)/t23-/m1/s1. The number of nitriles is 1. The van der Waals surface area contributed by atoms with Gasteiger partial charge in [-0.1, -0.05) is 6.07 Å². The highest BCUT2D eigenvalue weighted by Crippen LogP contribution is 2.28. The van der Waals surface area contributed by atoms with Crippen LogP contribution in [0, 0.1) is 25.2 Å². The van der Waals surface area contributed by atoms with Crippen LogP contribution in [0.4, 0.5) is 5.69 Å². The van der Waals surface area contributed by atoms with Gasteiger partial charge in [-0.2, -0.15) is 5.26 Å². The van der Waals surface area contributed by atoms with Gasteiger partial charge < -0.3 is 25.0 Å². The number of piperidine rings is 1. The third-order valence-corrected chi connectivity index (χ3v) is 7.92. The third kappa shape index (κ3) is 8.02. The monoisotopic (exact) mass is 571 g/mol. The first-order valence-corrected chi connectivity index (χ1v) is 14.5. The number of nitrogens with two attached hydrogens (primary N) is 1. The minimum absolute atomic E-state index is 0.302. The van der Waals surface area contributed by atoms with Gasteiger partial charge in [0.15, 0.2) is 0 Å². The van der Waals surface area contributed by atoms with Gasteiger partial charge in [0.25, 0.3) is 5.91 Å². The van der Waals surface area contributed by atoms with Gasteiger partial charge >= 0.3 is 0 Å². The second kappa shape index (κ2) is 14.7. The number of aromatic nitrogens is 3. The van der Waals surface area contributed by atoms with Gasteiger partial charge in [-0.15, -0.1) is 0 Å². The molecule has 0 saturated carbocycles. The SMILES string of the molecule is COCCOc1ccc(N(Cc2cccc(C#N)n2)C2CCN([C@H](C)CCc3cc(C)c(C(N)=O)c(C)n3)CC2)cn1. The maximum Gasteiger partial charge on any atom is 0.250 e. The number of hydrogen-bond acceptors (Lipinski definition) is 9. The van der Waals surface area contributed by atoms with Gasteiger partial charge in [0.2, 0.25) is 5.88 Å². The molecule has 1 aliphatic heterocycles. The van der Waals surface area contributed by atoms with Gasteiger partial charge in [-0.25, -0.2) is 9.97 Å². The van der Waals surface area contributed by atoms with Crippen LogP contribution in [0.25, 0.3) is 0 Å². The van der Waals surface area contributed by atoms with Gasteiger partial charge in [0.1, 0.15) is 18.4 Å². The number of carbonyl (C=O) groups is 1. The number of rotatable bonds is 13. The second-order valence-electron chi connectivity index (χ2n) is 10.9. The Kier molecular flexibility index (Phi) is 10.8. The number of aryl methyl sites for hydroxylation is 3. The van der Waals surface area contributed by atoms with Crippen LogP contribution < -0.4 is 15.4 Å². The molecule has 4 heterocycles. The molecule has 0 bridgehead atoms. The Labute approximate surface area is 248 Å². The lowest BCUT2D eigenvalue weighted by Gasteiger charge is -2.41. The minimum atomic E-state index is -0.426. The van der Waals surface area contributed by atoms with Crippen molar-refractivity contribution in [2.45, 2.75) is 65.1 Å². The first kappa shape index (κ1) is 30.9. The molecule has 3 aromatic heterocycles. The van der Waals surface area contributed by atoms with Crippen molar-refractivity contribution >= 4 is 11.6 Å². The Morgan fingerprint density at radius 3 is 2.60 bits per heavy atom. The molecule has 0 radical (unpaired) electrons. The molecule has 1 atom stereocenters. The number of anilines is 1. The summed E-state index contributed by atoms with van der Waals surface area (Å²) in [4.78, 5) is 30.3. The predicted molar refractivity (Wildman–Crippen MR) is 161 cm³/mol. The molecular formula is C32H41N7O3. The zero-order chi connectivity index (χ0) is 30.1. The lowest BCUT2D eigenvalue weighted by Crippen LogP contribution is -2.47. The molecule has 3 aromatic rings. The summed E-state index contributed by atoms with van der Waals surface area (Å²) in [6.07, 6.45) is 5.68. The molecule has 0 unspecified atom stereocenters. The topological polar surface area (TPSA) is 130 Å². The average molecular weight is 572 g/mol. The van der Waals surface area contributed by atoms with E-state index in [4.69, 9.17) is 15.2 Å². The Bertz CT molecular complexity index is 1360. The molecule has 1 amide bonds. The Hall–Kier alpha value is -4.07. The molecule has 10 heteroatoms. The first-order chi connectivity index (χ1) is 20.3. The van der Waals surface area contributed by atoms with Crippen LogP contribution in [0.15, 0.2) is 42.6 Å². The largest absolute Gasteiger partial charge is 0.475 e. The van der Waals surface area contributed by atoms with E-state index < -0.39 is 5.91 Å². The number of likely N-dealkylation sites (tertiary alicyclic amines) is 1. The van der Waals surface area contributed by atoms with E-state index in [2.05, 4.69) is 37.7 Å². The fourth-order valence-corrected chi connectivity index (χ4v) is 5.68. The summed E-state index contributed by atoms with van der Waals surface area (Å²) in [6.45, 7) is 9.54. The van der Waals surface area contributed by atoms with E-state index in [0.29, 0.717) is 54.7 Å². The maximum atomic E-state index is 11.7. The molecule has 1 saturated heterocycles. The number of pyridine rings is 3. The summed E-state index contributed by atoms with van der Waals surface area (Å²) in [6, 6.07) is 14.3. The number of ether oxygens (including phenoxy) is 2. The lowest BCUT2D eigenvalue weighted by atomic mass is 9.98. The van der Waals surface area contributed by atoms with Crippen LogP contribution in [0.3, 0.4) is 0 Å². The van der Waals surface area contributed by atoms with Crippen molar-refractivity contribution in [1.29, 1.82) is 5.26 Å². The summed E-state index contributed by atoms with van der Waals surface area (Å²) in [5, 5.41) is 9.35. The molecule has 1 aliphatic rings. The zero-order valence-electron chi connectivity index (χ0n) is 25.0. The average Bonchev–Trinajstić information content (AvgIpc) is 2.99. The van der Waals surface area contributed by atoms with Crippen LogP contribution in [-0.4, -0.2) is 71.3 Å². The van der Waals surface area contributed by atoms with E-state index in [0.717, 1.165) is 61.4 Å². The van der Waals surface area contributed by atoms with E-state index >= 15 is 0 Å². The van der Waals surface area contributed by atoms with E-state index in [-0.39, 0.29) is 0 Å². The summed E-state index contributed by atoms with van der Waals surface area (Å²) >= 11 is 0. The highest BCUT2D eigenvalue weighted by atomic mass is 16.5. The molecule has 4 rings (SSSR count). The highest BCUT2D eigenvalue weighted by Gasteiger charge is 2.28. The number of primary amides is 1.